The van der Waals surface area contributed by atoms with Gasteiger partial charge in [0.1, 0.15) is 0 Å². The molecule has 3 heteroatoms. The summed E-state index contributed by atoms with van der Waals surface area (Å²) in [6, 6.07) is 0. The van der Waals surface area contributed by atoms with Crippen LogP contribution in [0.2, 0.25) is 0 Å². The molecule has 14 heavy (non-hydrogen) atoms. The maximum Gasteiger partial charge on any atom is 0.0906 e. The topological polar surface area (TPSA) is 12.0 Å². The Morgan fingerprint density at radius 1 is 1.29 bits per heavy atom. The van der Waals surface area contributed by atoms with Crippen molar-refractivity contribution in [1.82, 2.24) is 5.32 Å². The molecule has 0 saturated heterocycles. The molecule has 1 rings (SSSR count). The first-order valence-corrected chi connectivity index (χ1v) is 6.87. The molecule has 1 N–H and O–H groups in total. The van der Waals surface area contributed by atoms with E-state index < -0.39 is 0 Å². The summed E-state index contributed by atoms with van der Waals surface area (Å²) in [5.41, 5.74) is 0. The fourth-order valence-corrected chi connectivity index (χ4v) is 3.10. The predicted molar refractivity (Wildman–Crippen MR) is 62.8 cm³/mol. The van der Waals surface area contributed by atoms with Crippen LogP contribution in [0, 0.1) is 0 Å². The molecule has 0 radical (unpaired) electrons. The summed E-state index contributed by atoms with van der Waals surface area (Å²) in [7, 11) is 0. The van der Waals surface area contributed by atoms with Gasteiger partial charge in [0.25, 0.3) is 0 Å². The maximum atomic E-state index is 11.9. The lowest BCUT2D eigenvalue weighted by atomic mass is 9.88. The van der Waals surface area contributed by atoms with Crippen LogP contribution in [0.4, 0.5) is 4.39 Å². The number of alkyl halides is 1. The number of halogens is 1. The zero-order valence-corrected chi connectivity index (χ0v) is 9.97. The van der Waals surface area contributed by atoms with Gasteiger partial charge >= 0.3 is 0 Å². The molecule has 84 valence electrons. The van der Waals surface area contributed by atoms with Crippen LogP contribution in [0.15, 0.2) is 0 Å². The second kappa shape index (κ2) is 6.67. The van der Waals surface area contributed by atoms with Gasteiger partial charge in [0.15, 0.2) is 0 Å². The fourth-order valence-electron chi connectivity index (χ4n) is 2.16. The van der Waals surface area contributed by atoms with Crippen LogP contribution >= 0.6 is 11.8 Å². The lowest BCUT2D eigenvalue weighted by molar-refractivity contribution is 0.373. The van der Waals surface area contributed by atoms with Gasteiger partial charge in [-0.2, -0.15) is 11.8 Å². The molecule has 1 saturated carbocycles. The van der Waals surface area contributed by atoms with E-state index in [4.69, 9.17) is 0 Å². The van der Waals surface area contributed by atoms with E-state index in [0.29, 0.717) is 11.2 Å². The van der Waals surface area contributed by atoms with Gasteiger partial charge in [0, 0.05) is 11.3 Å². The molecule has 0 aromatic carbocycles. The minimum Gasteiger partial charge on any atom is -0.315 e. The third-order valence-corrected chi connectivity index (χ3v) is 4.55. The first-order chi connectivity index (χ1) is 6.83. The van der Waals surface area contributed by atoms with Gasteiger partial charge in [-0.05, 0) is 32.1 Å². The number of hydrogen-bond donors (Lipinski definition) is 1. The summed E-state index contributed by atoms with van der Waals surface area (Å²) in [5, 5.41) is 3.39. The fraction of sp³-hybridized carbons (Fsp3) is 1.00. The normalized spacial score (nSPS) is 21.0. The van der Waals surface area contributed by atoms with Gasteiger partial charge in [0.2, 0.25) is 0 Å². The Kier molecular flexibility index (Phi) is 5.87. The Morgan fingerprint density at radius 2 is 2.00 bits per heavy atom. The predicted octanol–water partition coefficient (Wildman–Crippen LogP) is 3.00. The smallest absolute Gasteiger partial charge is 0.0906 e. The molecular formula is C11H22FNS. The number of thioether (sulfide) groups is 1. The third kappa shape index (κ3) is 3.77. The van der Waals surface area contributed by atoms with E-state index >= 15 is 0 Å². The molecule has 0 spiro atoms. The molecule has 0 aromatic rings. The van der Waals surface area contributed by atoms with Crippen molar-refractivity contribution in [2.45, 2.75) is 43.3 Å². The zero-order chi connectivity index (χ0) is 10.3. The number of rotatable bonds is 6. The van der Waals surface area contributed by atoms with E-state index in [-0.39, 0.29) is 6.67 Å². The molecule has 0 aromatic heterocycles. The van der Waals surface area contributed by atoms with Crippen molar-refractivity contribution >= 4 is 11.8 Å². The van der Waals surface area contributed by atoms with Crippen LogP contribution in [0.1, 0.15) is 38.5 Å². The van der Waals surface area contributed by atoms with E-state index in [1.54, 1.807) is 0 Å². The highest BCUT2D eigenvalue weighted by molar-refractivity contribution is 8.00. The molecular weight excluding hydrogens is 197 g/mol. The second-order valence-electron chi connectivity index (χ2n) is 4.17. The summed E-state index contributed by atoms with van der Waals surface area (Å²) >= 11 is 1.99. The Bertz CT molecular complexity index is 146. The van der Waals surface area contributed by atoms with Crippen molar-refractivity contribution in [3.05, 3.63) is 0 Å². The van der Waals surface area contributed by atoms with E-state index in [9.17, 15) is 4.39 Å². The Morgan fingerprint density at radius 3 is 2.57 bits per heavy atom. The van der Waals surface area contributed by atoms with Gasteiger partial charge < -0.3 is 5.32 Å². The summed E-state index contributed by atoms with van der Waals surface area (Å²) < 4.78 is 12.3. The highest BCUT2D eigenvalue weighted by atomic mass is 32.2. The maximum absolute atomic E-state index is 11.9. The lowest BCUT2D eigenvalue weighted by Gasteiger charge is -2.36. The second-order valence-corrected chi connectivity index (χ2v) is 5.44. The third-order valence-electron chi connectivity index (χ3n) is 3.13. The molecule has 1 aliphatic rings. The van der Waals surface area contributed by atoms with Gasteiger partial charge in [-0.25, -0.2) is 0 Å². The van der Waals surface area contributed by atoms with Crippen LogP contribution in [0.3, 0.4) is 0 Å². The molecule has 0 heterocycles. The van der Waals surface area contributed by atoms with E-state index in [1.807, 2.05) is 11.8 Å². The molecule has 0 atom stereocenters. The average molecular weight is 219 g/mol. The lowest BCUT2D eigenvalue weighted by Crippen LogP contribution is -2.39. The van der Waals surface area contributed by atoms with Crippen LogP contribution in [0.25, 0.3) is 0 Å². The summed E-state index contributed by atoms with van der Waals surface area (Å²) in [4.78, 5) is 0. The van der Waals surface area contributed by atoms with Crippen molar-refractivity contribution in [3.63, 3.8) is 0 Å². The van der Waals surface area contributed by atoms with Crippen molar-refractivity contribution in [2.75, 3.05) is 26.0 Å². The Hall–Kier alpha value is 0.240. The largest absolute Gasteiger partial charge is 0.315 e. The highest BCUT2D eigenvalue weighted by Crippen LogP contribution is 2.37. The van der Waals surface area contributed by atoms with Gasteiger partial charge in [-0.3, -0.25) is 4.39 Å². The molecule has 1 nitrogen and oxygen atoms in total. The van der Waals surface area contributed by atoms with E-state index in [0.717, 1.165) is 13.1 Å². The van der Waals surface area contributed by atoms with E-state index in [2.05, 4.69) is 11.6 Å². The molecule has 0 amide bonds. The van der Waals surface area contributed by atoms with Gasteiger partial charge in [0.05, 0.1) is 6.67 Å². The molecule has 1 aliphatic carbocycles. The van der Waals surface area contributed by atoms with Gasteiger partial charge in [-0.15, -0.1) is 0 Å². The van der Waals surface area contributed by atoms with Crippen molar-refractivity contribution in [2.24, 2.45) is 0 Å². The van der Waals surface area contributed by atoms with Crippen LogP contribution in [-0.4, -0.2) is 30.8 Å². The quantitative estimate of drug-likeness (QED) is 0.689. The van der Waals surface area contributed by atoms with Crippen molar-refractivity contribution in [1.29, 1.82) is 0 Å². The summed E-state index contributed by atoms with van der Waals surface area (Å²) in [5.74, 6) is 0. The highest BCUT2D eigenvalue weighted by Gasteiger charge is 2.30. The molecule has 0 bridgehead atoms. The Balaban J connectivity index is 2.22. The Labute approximate surface area is 91.2 Å². The number of nitrogens with one attached hydrogen (secondary N) is 1. The SMILES string of the molecule is CSC1(CNCCCF)CCCCC1. The average Bonchev–Trinajstić information content (AvgIpc) is 2.26. The minimum absolute atomic E-state index is 0.195. The first kappa shape index (κ1) is 12.3. The van der Waals surface area contributed by atoms with E-state index in [1.165, 1.54) is 32.1 Å². The minimum atomic E-state index is -0.195. The number of hydrogen-bond acceptors (Lipinski definition) is 2. The summed E-state index contributed by atoms with van der Waals surface area (Å²) in [6.45, 7) is 1.70. The van der Waals surface area contributed by atoms with Gasteiger partial charge in [-0.1, -0.05) is 19.3 Å². The monoisotopic (exact) mass is 219 g/mol. The molecule has 1 fully saturated rings. The standard InChI is InChI=1S/C11H22FNS/c1-14-11(6-3-2-4-7-11)10-13-9-5-8-12/h13H,2-10H2,1H3. The van der Waals surface area contributed by atoms with Crippen LogP contribution < -0.4 is 5.32 Å². The molecule has 0 unspecified atom stereocenters. The van der Waals surface area contributed by atoms with Crippen molar-refractivity contribution < 1.29 is 4.39 Å². The molecule has 0 aliphatic heterocycles. The zero-order valence-electron chi connectivity index (χ0n) is 9.15. The van der Waals surface area contributed by atoms with Crippen molar-refractivity contribution in [3.8, 4) is 0 Å². The van der Waals surface area contributed by atoms with Crippen LogP contribution in [-0.2, 0) is 0 Å². The summed E-state index contributed by atoms with van der Waals surface area (Å²) in [6.07, 6.45) is 9.66. The first-order valence-electron chi connectivity index (χ1n) is 5.65. The van der Waals surface area contributed by atoms with Crippen LogP contribution in [0.5, 0.6) is 0 Å².